The van der Waals surface area contributed by atoms with Crippen LogP contribution in [-0.2, 0) is 6.42 Å². The third-order valence-corrected chi connectivity index (χ3v) is 3.99. The first-order valence-corrected chi connectivity index (χ1v) is 9.28. The van der Waals surface area contributed by atoms with Crippen LogP contribution >= 0.6 is 0 Å². The Hall–Kier alpha value is -3.08. The second-order valence-corrected chi connectivity index (χ2v) is 6.68. The van der Waals surface area contributed by atoms with E-state index in [-0.39, 0.29) is 6.10 Å². The average molecular weight is 362 g/mol. The molecule has 5 heteroatoms. The van der Waals surface area contributed by atoms with Gasteiger partial charge in [-0.15, -0.1) is 0 Å². The molecule has 3 aromatic rings. The molecule has 0 atom stereocenters. The van der Waals surface area contributed by atoms with Crippen molar-refractivity contribution >= 4 is 23.1 Å². The second kappa shape index (κ2) is 8.54. The Labute approximate surface area is 160 Å². The lowest BCUT2D eigenvalue weighted by Gasteiger charge is -2.15. The van der Waals surface area contributed by atoms with Gasteiger partial charge in [0, 0.05) is 17.4 Å². The quantitative estimate of drug-likeness (QED) is 0.571. The number of aryl methyl sites for hydroxylation is 2. The summed E-state index contributed by atoms with van der Waals surface area (Å²) < 4.78 is 5.86. The number of rotatable bonds is 7. The van der Waals surface area contributed by atoms with E-state index in [1.54, 1.807) is 0 Å². The van der Waals surface area contributed by atoms with Gasteiger partial charge in [0.2, 0.25) is 5.95 Å². The number of aromatic nitrogens is 2. The predicted octanol–water partition coefficient (Wildman–Crippen LogP) is 5.62. The van der Waals surface area contributed by atoms with Crippen LogP contribution in [0.1, 0.15) is 32.0 Å². The molecule has 0 saturated carbocycles. The van der Waals surface area contributed by atoms with Gasteiger partial charge >= 0.3 is 0 Å². The number of benzene rings is 2. The molecule has 0 amide bonds. The van der Waals surface area contributed by atoms with E-state index in [9.17, 15) is 0 Å². The molecule has 0 bridgehead atoms. The van der Waals surface area contributed by atoms with Gasteiger partial charge in [-0.05, 0) is 57.0 Å². The van der Waals surface area contributed by atoms with E-state index in [1.807, 2.05) is 51.1 Å². The van der Waals surface area contributed by atoms with Crippen LogP contribution in [0.2, 0.25) is 0 Å². The Morgan fingerprint density at radius 3 is 2.41 bits per heavy atom. The molecule has 0 spiro atoms. The Morgan fingerprint density at radius 1 is 0.963 bits per heavy atom. The molecule has 0 fully saturated rings. The molecule has 1 heterocycles. The monoisotopic (exact) mass is 362 g/mol. The fraction of sp³-hybridized carbons (Fsp3) is 0.273. The minimum Gasteiger partial charge on any atom is -0.489 e. The summed E-state index contributed by atoms with van der Waals surface area (Å²) in [5.41, 5.74) is 4.03. The number of anilines is 4. The largest absolute Gasteiger partial charge is 0.489 e. The normalized spacial score (nSPS) is 10.7. The summed E-state index contributed by atoms with van der Waals surface area (Å²) in [5.74, 6) is 2.06. The fourth-order valence-corrected chi connectivity index (χ4v) is 2.71. The van der Waals surface area contributed by atoms with Crippen LogP contribution in [0.4, 0.5) is 23.1 Å². The first-order valence-electron chi connectivity index (χ1n) is 9.28. The van der Waals surface area contributed by atoms with Gasteiger partial charge in [-0.2, -0.15) is 4.98 Å². The molecule has 2 N–H and O–H groups in total. The number of hydrogen-bond acceptors (Lipinski definition) is 5. The van der Waals surface area contributed by atoms with E-state index in [0.717, 1.165) is 35.1 Å². The van der Waals surface area contributed by atoms with E-state index in [1.165, 1.54) is 5.56 Å². The van der Waals surface area contributed by atoms with Gasteiger partial charge in [0.15, 0.2) is 0 Å². The highest BCUT2D eigenvalue weighted by Crippen LogP contribution is 2.28. The summed E-state index contributed by atoms with van der Waals surface area (Å²) in [7, 11) is 0. The molecular weight excluding hydrogens is 336 g/mol. The first-order chi connectivity index (χ1) is 13.0. The molecule has 3 rings (SSSR count). The lowest BCUT2D eigenvalue weighted by Crippen LogP contribution is -2.08. The van der Waals surface area contributed by atoms with Crippen molar-refractivity contribution in [2.45, 2.75) is 40.2 Å². The van der Waals surface area contributed by atoms with Crippen molar-refractivity contribution in [3.63, 3.8) is 0 Å². The number of para-hydroxylation sites is 2. The Morgan fingerprint density at radius 2 is 1.70 bits per heavy atom. The molecule has 0 aliphatic carbocycles. The molecule has 0 unspecified atom stereocenters. The zero-order valence-electron chi connectivity index (χ0n) is 16.3. The molecule has 0 saturated heterocycles. The number of ether oxygens (including phenoxy) is 1. The van der Waals surface area contributed by atoms with Gasteiger partial charge in [0.25, 0.3) is 0 Å². The molecular formula is C22H26N4O. The number of nitrogens with one attached hydrogen (secondary N) is 2. The minimum absolute atomic E-state index is 0.0923. The van der Waals surface area contributed by atoms with Gasteiger partial charge in [-0.3, -0.25) is 0 Å². The van der Waals surface area contributed by atoms with Gasteiger partial charge in [0.1, 0.15) is 11.6 Å². The summed E-state index contributed by atoms with van der Waals surface area (Å²) in [5, 5.41) is 6.62. The zero-order valence-corrected chi connectivity index (χ0v) is 16.3. The number of nitrogens with zero attached hydrogens (tertiary/aromatic N) is 2. The molecule has 1 aromatic heterocycles. The average Bonchev–Trinajstić information content (AvgIpc) is 2.63. The molecule has 0 radical (unpaired) electrons. The summed E-state index contributed by atoms with van der Waals surface area (Å²) in [6, 6.07) is 18.1. The molecule has 0 aliphatic heterocycles. The van der Waals surface area contributed by atoms with Crippen molar-refractivity contribution in [3.05, 3.63) is 65.9 Å². The van der Waals surface area contributed by atoms with Crippen molar-refractivity contribution < 1.29 is 4.74 Å². The maximum atomic E-state index is 5.86. The highest BCUT2D eigenvalue weighted by molar-refractivity contribution is 5.64. The van der Waals surface area contributed by atoms with E-state index >= 15 is 0 Å². The van der Waals surface area contributed by atoms with Crippen LogP contribution in [0, 0.1) is 6.92 Å². The van der Waals surface area contributed by atoms with Crippen molar-refractivity contribution in [2.75, 3.05) is 10.6 Å². The van der Waals surface area contributed by atoms with Gasteiger partial charge in [-0.25, -0.2) is 4.98 Å². The molecule has 27 heavy (non-hydrogen) atoms. The van der Waals surface area contributed by atoms with Crippen LogP contribution in [0.3, 0.4) is 0 Å². The van der Waals surface area contributed by atoms with Crippen molar-refractivity contribution in [3.8, 4) is 5.75 Å². The SMILES string of the molecule is CCc1ccc(Nc2cc(C)nc(Nc3ccccc3OC(C)C)n2)cc1. The number of hydrogen-bond donors (Lipinski definition) is 2. The summed E-state index contributed by atoms with van der Waals surface area (Å²) >= 11 is 0. The van der Waals surface area contributed by atoms with Crippen molar-refractivity contribution in [2.24, 2.45) is 0 Å². The van der Waals surface area contributed by atoms with Gasteiger partial charge in [-0.1, -0.05) is 31.2 Å². The van der Waals surface area contributed by atoms with E-state index in [4.69, 9.17) is 4.74 Å². The van der Waals surface area contributed by atoms with Crippen molar-refractivity contribution in [1.29, 1.82) is 0 Å². The predicted molar refractivity (Wildman–Crippen MR) is 111 cm³/mol. The fourth-order valence-electron chi connectivity index (χ4n) is 2.71. The van der Waals surface area contributed by atoms with Gasteiger partial charge < -0.3 is 15.4 Å². The summed E-state index contributed by atoms with van der Waals surface area (Å²) in [4.78, 5) is 9.10. The highest BCUT2D eigenvalue weighted by atomic mass is 16.5. The van der Waals surface area contributed by atoms with Crippen LogP contribution < -0.4 is 15.4 Å². The van der Waals surface area contributed by atoms with E-state index < -0.39 is 0 Å². The highest BCUT2D eigenvalue weighted by Gasteiger charge is 2.08. The topological polar surface area (TPSA) is 59.1 Å². The van der Waals surface area contributed by atoms with Gasteiger partial charge in [0.05, 0.1) is 11.8 Å². The third kappa shape index (κ3) is 5.20. The molecule has 2 aromatic carbocycles. The van der Waals surface area contributed by atoms with Crippen LogP contribution in [0.25, 0.3) is 0 Å². The Balaban J connectivity index is 1.81. The van der Waals surface area contributed by atoms with E-state index in [0.29, 0.717) is 5.95 Å². The van der Waals surface area contributed by atoms with E-state index in [2.05, 4.69) is 51.8 Å². The Bertz CT molecular complexity index is 891. The summed E-state index contributed by atoms with van der Waals surface area (Å²) in [6.45, 7) is 8.11. The maximum Gasteiger partial charge on any atom is 0.229 e. The van der Waals surface area contributed by atoms with Crippen LogP contribution in [0.5, 0.6) is 5.75 Å². The minimum atomic E-state index is 0.0923. The maximum absolute atomic E-state index is 5.86. The van der Waals surface area contributed by atoms with Crippen LogP contribution in [0.15, 0.2) is 54.6 Å². The Kier molecular flexibility index (Phi) is 5.91. The molecule has 0 aliphatic rings. The second-order valence-electron chi connectivity index (χ2n) is 6.68. The molecule has 5 nitrogen and oxygen atoms in total. The van der Waals surface area contributed by atoms with Crippen LogP contribution in [-0.4, -0.2) is 16.1 Å². The zero-order chi connectivity index (χ0) is 19.2. The van der Waals surface area contributed by atoms with Crippen molar-refractivity contribution in [1.82, 2.24) is 9.97 Å². The third-order valence-electron chi connectivity index (χ3n) is 3.99. The standard InChI is InChI=1S/C22H26N4O/c1-5-17-10-12-18(13-11-17)24-21-14-16(4)23-22(26-21)25-19-8-6-7-9-20(19)27-15(2)3/h6-15H,5H2,1-4H3,(H2,23,24,25,26). The smallest absolute Gasteiger partial charge is 0.229 e. The lowest BCUT2D eigenvalue weighted by molar-refractivity contribution is 0.244. The molecule has 140 valence electrons. The first kappa shape index (κ1) is 18.7. The lowest BCUT2D eigenvalue weighted by atomic mass is 10.1. The summed E-state index contributed by atoms with van der Waals surface area (Å²) in [6.07, 6.45) is 1.12.